The summed E-state index contributed by atoms with van der Waals surface area (Å²) >= 11 is 2.15. The Bertz CT molecular complexity index is 594. The third-order valence-corrected chi connectivity index (χ3v) is 5.11. The lowest BCUT2D eigenvalue weighted by Crippen LogP contribution is -2.24. The highest BCUT2D eigenvalue weighted by atomic mass is 127. The molecule has 3 heteroatoms. The van der Waals surface area contributed by atoms with E-state index in [-0.39, 0.29) is 5.91 Å². The summed E-state index contributed by atoms with van der Waals surface area (Å²) in [6.45, 7) is 0. The average molecular weight is 377 g/mol. The molecule has 0 bridgehead atoms. The van der Waals surface area contributed by atoms with Crippen LogP contribution in [-0.4, -0.2) is 15.1 Å². The second-order valence-electron chi connectivity index (χ2n) is 5.16. The molecule has 1 atom stereocenters. The molecular weight excluding hydrogens is 361 g/mol. The van der Waals surface area contributed by atoms with E-state index < -0.39 is 0 Å². The summed E-state index contributed by atoms with van der Waals surface area (Å²) in [6, 6.07) is 19.4. The number of halogens is 1. The van der Waals surface area contributed by atoms with Gasteiger partial charge in [-0.25, -0.2) is 0 Å². The Morgan fingerprint density at radius 3 is 2.25 bits per heavy atom. The summed E-state index contributed by atoms with van der Waals surface area (Å²) in [4.78, 5) is 11.5. The van der Waals surface area contributed by atoms with Gasteiger partial charge in [-0.3, -0.25) is 7.91 Å². The van der Waals surface area contributed by atoms with Crippen molar-refractivity contribution < 1.29 is 4.79 Å². The van der Waals surface area contributed by atoms with E-state index in [1.54, 1.807) is 0 Å². The lowest BCUT2D eigenvalue weighted by atomic mass is 10.0. The predicted molar refractivity (Wildman–Crippen MR) is 89.5 cm³/mol. The topological polar surface area (TPSA) is 20.3 Å². The van der Waals surface area contributed by atoms with Gasteiger partial charge in [0.1, 0.15) is 0 Å². The van der Waals surface area contributed by atoms with Crippen molar-refractivity contribution in [2.24, 2.45) is 0 Å². The maximum absolute atomic E-state index is 11.5. The highest BCUT2D eigenvalue weighted by molar-refractivity contribution is 14.1. The summed E-state index contributed by atoms with van der Waals surface area (Å²) in [6.07, 6.45) is 2.61. The third kappa shape index (κ3) is 2.87. The van der Waals surface area contributed by atoms with Gasteiger partial charge in [-0.2, -0.15) is 0 Å². The fourth-order valence-electron chi connectivity index (χ4n) is 2.63. The number of carbonyl (C=O) groups is 1. The lowest BCUT2D eigenvalue weighted by molar-refractivity contribution is -0.123. The first-order valence-electron chi connectivity index (χ1n) is 6.86. The minimum Gasteiger partial charge on any atom is -0.282 e. The van der Waals surface area contributed by atoms with Crippen molar-refractivity contribution in [1.82, 2.24) is 3.11 Å². The zero-order valence-electron chi connectivity index (χ0n) is 11.1. The fourth-order valence-corrected chi connectivity index (χ4v) is 3.35. The minimum atomic E-state index is 0.261. The van der Waals surface area contributed by atoms with Crippen LogP contribution in [0.15, 0.2) is 54.6 Å². The molecule has 0 N–H and O–H groups in total. The summed E-state index contributed by atoms with van der Waals surface area (Å²) in [7, 11) is 0. The van der Waals surface area contributed by atoms with Crippen LogP contribution in [0.4, 0.5) is 0 Å². The largest absolute Gasteiger partial charge is 0.282 e. The Hall–Kier alpha value is -1.36. The third-order valence-electron chi connectivity index (χ3n) is 3.78. The molecule has 2 aromatic rings. The first-order valence-corrected chi connectivity index (χ1v) is 7.83. The van der Waals surface area contributed by atoms with E-state index in [9.17, 15) is 4.79 Å². The van der Waals surface area contributed by atoms with Crippen molar-refractivity contribution in [3.05, 3.63) is 60.2 Å². The van der Waals surface area contributed by atoms with E-state index in [1.807, 2.05) is 9.18 Å². The summed E-state index contributed by atoms with van der Waals surface area (Å²) in [5.74, 6) is 0.261. The number of carbonyl (C=O) groups excluding carboxylic acids is 1. The maximum atomic E-state index is 11.5. The molecule has 2 aromatic carbocycles. The van der Waals surface area contributed by atoms with Crippen LogP contribution in [0.5, 0.6) is 0 Å². The van der Waals surface area contributed by atoms with Gasteiger partial charge in [0.2, 0.25) is 5.91 Å². The molecular formula is C17H16INO. The standard InChI is InChI=1S/C17H16INO/c18-19-16(10-11-17(19)20)12-13-6-8-15(9-7-13)14-4-2-1-3-5-14/h1-9,16H,10-12H2. The molecule has 2 nitrogen and oxygen atoms in total. The molecule has 1 unspecified atom stereocenters. The Balaban J connectivity index is 1.72. The Morgan fingerprint density at radius 2 is 1.65 bits per heavy atom. The first kappa shape index (κ1) is 13.6. The highest BCUT2D eigenvalue weighted by Gasteiger charge is 2.28. The number of rotatable bonds is 3. The minimum absolute atomic E-state index is 0.261. The zero-order chi connectivity index (χ0) is 13.9. The molecule has 20 heavy (non-hydrogen) atoms. The van der Waals surface area contributed by atoms with E-state index in [4.69, 9.17) is 0 Å². The number of amides is 1. The van der Waals surface area contributed by atoms with Gasteiger partial charge < -0.3 is 0 Å². The first-order chi connectivity index (χ1) is 9.74. The molecule has 0 aromatic heterocycles. The van der Waals surface area contributed by atoms with E-state index >= 15 is 0 Å². The van der Waals surface area contributed by atoms with Crippen LogP contribution >= 0.6 is 22.9 Å². The van der Waals surface area contributed by atoms with Crippen LogP contribution in [0.2, 0.25) is 0 Å². The fraction of sp³-hybridized carbons (Fsp3) is 0.235. The summed E-state index contributed by atoms with van der Waals surface area (Å²) < 4.78 is 1.86. The molecule has 102 valence electrons. The van der Waals surface area contributed by atoms with Gasteiger partial charge in [0.05, 0.1) is 22.9 Å². The van der Waals surface area contributed by atoms with Crippen LogP contribution in [0, 0.1) is 0 Å². The normalized spacial score (nSPS) is 18.6. The van der Waals surface area contributed by atoms with Gasteiger partial charge in [0.15, 0.2) is 0 Å². The molecule has 0 aliphatic carbocycles. The van der Waals surface area contributed by atoms with Crippen molar-refractivity contribution in [3.8, 4) is 11.1 Å². The quantitative estimate of drug-likeness (QED) is 0.579. The second kappa shape index (κ2) is 5.95. The van der Waals surface area contributed by atoms with Gasteiger partial charge >= 0.3 is 0 Å². The molecule has 0 radical (unpaired) electrons. The van der Waals surface area contributed by atoms with Gasteiger partial charge in [-0.1, -0.05) is 54.6 Å². The van der Waals surface area contributed by atoms with Crippen molar-refractivity contribution in [2.75, 3.05) is 0 Å². The van der Waals surface area contributed by atoms with Crippen molar-refractivity contribution in [2.45, 2.75) is 25.3 Å². The predicted octanol–water partition coefficient (Wildman–Crippen LogP) is 4.24. The van der Waals surface area contributed by atoms with E-state index in [1.165, 1.54) is 16.7 Å². The molecule has 0 saturated carbocycles. The summed E-state index contributed by atoms with van der Waals surface area (Å²) in [5, 5.41) is 0. The number of nitrogens with zero attached hydrogens (tertiary/aromatic N) is 1. The van der Waals surface area contributed by atoms with Crippen LogP contribution in [-0.2, 0) is 11.2 Å². The monoisotopic (exact) mass is 377 g/mol. The van der Waals surface area contributed by atoms with Crippen molar-refractivity contribution in [3.63, 3.8) is 0 Å². The molecule has 0 spiro atoms. The summed E-state index contributed by atoms with van der Waals surface area (Å²) in [5.41, 5.74) is 3.78. The Kier molecular flexibility index (Phi) is 4.05. The van der Waals surface area contributed by atoms with Gasteiger partial charge in [0, 0.05) is 12.5 Å². The van der Waals surface area contributed by atoms with Crippen molar-refractivity contribution in [1.29, 1.82) is 0 Å². The van der Waals surface area contributed by atoms with Gasteiger partial charge in [0.25, 0.3) is 0 Å². The highest BCUT2D eigenvalue weighted by Crippen LogP contribution is 2.26. The molecule has 1 saturated heterocycles. The molecule has 1 fully saturated rings. The van der Waals surface area contributed by atoms with E-state index in [0.29, 0.717) is 12.5 Å². The molecule has 1 aliphatic rings. The second-order valence-corrected chi connectivity index (χ2v) is 6.20. The zero-order valence-corrected chi connectivity index (χ0v) is 13.3. The van der Waals surface area contributed by atoms with Crippen LogP contribution in [0.1, 0.15) is 18.4 Å². The number of hydrogen-bond donors (Lipinski definition) is 0. The molecule has 1 amide bonds. The van der Waals surface area contributed by atoms with Gasteiger partial charge in [-0.15, -0.1) is 0 Å². The van der Waals surface area contributed by atoms with Crippen LogP contribution in [0.3, 0.4) is 0 Å². The van der Waals surface area contributed by atoms with E-state index in [2.05, 4.69) is 71.4 Å². The SMILES string of the molecule is O=C1CCC(Cc2ccc(-c3ccccc3)cc2)N1I. The van der Waals surface area contributed by atoms with Crippen LogP contribution in [0.25, 0.3) is 11.1 Å². The van der Waals surface area contributed by atoms with Crippen molar-refractivity contribution >= 4 is 28.8 Å². The smallest absolute Gasteiger partial charge is 0.231 e. The molecule has 3 rings (SSSR count). The van der Waals surface area contributed by atoms with Crippen LogP contribution < -0.4 is 0 Å². The number of benzene rings is 2. The molecule has 1 heterocycles. The Morgan fingerprint density at radius 1 is 1.00 bits per heavy atom. The maximum Gasteiger partial charge on any atom is 0.231 e. The number of hydrogen-bond acceptors (Lipinski definition) is 1. The lowest BCUT2D eigenvalue weighted by Gasteiger charge is -2.17. The van der Waals surface area contributed by atoms with E-state index in [0.717, 1.165) is 12.8 Å². The Labute approximate surface area is 133 Å². The molecule has 1 aliphatic heterocycles. The average Bonchev–Trinajstić information content (AvgIpc) is 2.81. The van der Waals surface area contributed by atoms with Gasteiger partial charge in [-0.05, 0) is 29.5 Å².